The molecule has 0 fully saturated rings. The Kier molecular flexibility index (Phi) is 7.29. The highest BCUT2D eigenvalue weighted by atomic mass is 19.1. The maximum Gasteiger partial charge on any atom is 0.308 e. The van der Waals surface area contributed by atoms with Crippen molar-refractivity contribution in [3.8, 4) is 0 Å². The van der Waals surface area contributed by atoms with E-state index in [0.717, 1.165) is 5.56 Å². The van der Waals surface area contributed by atoms with E-state index in [9.17, 15) is 14.0 Å². The lowest BCUT2D eigenvalue weighted by atomic mass is 10.0. The van der Waals surface area contributed by atoms with E-state index >= 15 is 0 Å². The van der Waals surface area contributed by atoms with Gasteiger partial charge in [-0.15, -0.1) is 0 Å². The van der Waals surface area contributed by atoms with Crippen molar-refractivity contribution >= 4 is 11.9 Å². The van der Waals surface area contributed by atoms with Crippen LogP contribution in [0.15, 0.2) is 54.6 Å². The van der Waals surface area contributed by atoms with Gasteiger partial charge < -0.3 is 15.8 Å². The third-order valence-electron chi connectivity index (χ3n) is 3.92. The highest BCUT2D eigenvalue weighted by molar-refractivity contribution is 5.78. The first-order valence-electron chi connectivity index (χ1n) is 8.50. The Hall–Kier alpha value is -2.73. The van der Waals surface area contributed by atoms with Crippen LogP contribution >= 0.6 is 0 Å². The molecular formula is C20H23FN2O3. The molecule has 26 heavy (non-hydrogen) atoms. The molecule has 0 spiro atoms. The van der Waals surface area contributed by atoms with Gasteiger partial charge in [0.25, 0.3) is 0 Å². The highest BCUT2D eigenvalue weighted by Gasteiger charge is 2.21. The maximum absolute atomic E-state index is 13.2. The molecule has 0 saturated carbocycles. The van der Waals surface area contributed by atoms with E-state index in [-0.39, 0.29) is 31.2 Å². The number of rotatable bonds is 8. The van der Waals surface area contributed by atoms with Crippen molar-refractivity contribution in [3.05, 3.63) is 71.5 Å². The number of nitrogens with one attached hydrogen (secondary N) is 1. The number of nitrogens with two attached hydrogens (primary N) is 1. The lowest BCUT2D eigenvalue weighted by Crippen LogP contribution is -2.32. The second kappa shape index (κ2) is 9.68. The number of hydrogen-bond donors (Lipinski definition) is 2. The van der Waals surface area contributed by atoms with Crippen molar-refractivity contribution in [2.75, 3.05) is 6.61 Å². The summed E-state index contributed by atoms with van der Waals surface area (Å²) in [6, 6.07) is 13.9. The third kappa shape index (κ3) is 5.97. The van der Waals surface area contributed by atoms with Crippen molar-refractivity contribution in [1.82, 2.24) is 5.32 Å². The Morgan fingerprint density at radius 2 is 1.69 bits per heavy atom. The van der Waals surface area contributed by atoms with Gasteiger partial charge in [-0.3, -0.25) is 9.59 Å². The molecule has 0 heterocycles. The van der Waals surface area contributed by atoms with E-state index < -0.39 is 18.1 Å². The minimum Gasteiger partial charge on any atom is -0.466 e. The number of halogens is 1. The van der Waals surface area contributed by atoms with Gasteiger partial charge in [-0.1, -0.05) is 42.5 Å². The summed E-state index contributed by atoms with van der Waals surface area (Å²) < 4.78 is 18.1. The SMILES string of the molecule is CCOC(=O)CC(NC(=O)CC(N)c1ccccc1)c1ccc(F)cc1. The Balaban J connectivity index is 2.06. The van der Waals surface area contributed by atoms with Crippen LogP contribution in [0.2, 0.25) is 0 Å². The Morgan fingerprint density at radius 1 is 1.04 bits per heavy atom. The minimum absolute atomic E-state index is 0.0359. The summed E-state index contributed by atoms with van der Waals surface area (Å²) >= 11 is 0. The first-order valence-corrected chi connectivity index (χ1v) is 8.50. The van der Waals surface area contributed by atoms with Crippen molar-refractivity contribution in [1.29, 1.82) is 0 Å². The summed E-state index contributed by atoms with van der Waals surface area (Å²) in [5.74, 6) is -1.12. The molecule has 2 aromatic carbocycles. The van der Waals surface area contributed by atoms with Crippen LogP contribution in [-0.4, -0.2) is 18.5 Å². The predicted molar refractivity (Wildman–Crippen MR) is 96.5 cm³/mol. The zero-order valence-corrected chi connectivity index (χ0v) is 14.7. The molecule has 1 amide bonds. The average molecular weight is 358 g/mol. The molecule has 5 nitrogen and oxygen atoms in total. The zero-order valence-electron chi connectivity index (χ0n) is 14.7. The standard InChI is InChI=1S/C20H23FN2O3/c1-2-26-20(25)13-18(15-8-10-16(21)11-9-15)23-19(24)12-17(22)14-6-4-3-5-7-14/h3-11,17-18H,2,12-13,22H2,1H3,(H,23,24). The number of amides is 1. The Morgan fingerprint density at radius 3 is 2.31 bits per heavy atom. The van der Waals surface area contributed by atoms with E-state index in [1.54, 1.807) is 6.92 Å². The van der Waals surface area contributed by atoms with Gasteiger partial charge in [0.1, 0.15) is 5.82 Å². The van der Waals surface area contributed by atoms with Gasteiger partial charge in [0.05, 0.1) is 19.1 Å². The summed E-state index contributed by atoms with van der Waals surface area (Å²) in [6.45, 7) is 1.96. The van der Waals surface area contributed by atoms with Gasteiger partial charge >= 0.3 is 5.97 Å². The third-order valence-corrected chi connectivity index (χ3v) is 3.92. The predicted octanol–water partition coefficient (Wildman–Crippen LogP) is 3.03. The molecule has 0 bridgehead atoms. The fourth-order valence-electron chi connectivity index (χ4n) is 2.60. The van der Waals surface area contributed by atoms with E-state index in [2.05, 4.69) is 5.32 Å². The number of esters is 1. The first kappa shape index (κ1) is 19.6. The molecule has 138 valence electrons. The van der Waals surface area contributed by atoms with E-state index in [0.29, 0.717) is 5.56 Å². The van der Waals surface area contributed by atoms with Gasteiger partial charge in [-0.2, -0.15) is 0 Å². The largest absolute Gasteiger partial charge is 0.466 e. The van der Waals surface area contributed by atoms with Crippen molar-refractivity contribution in [2.45, 2.75) is 31.8 Å². The van der Waals surface area contributed by atoms with Gasteiger partial charge in [0, 0.05) is 12.5 Å². The molecule has 2 unspecified atom stereocenters. The zero-order chi connectivity index (χ0) is 18.9. The molecule has 6 heteroatoms. The van der Waals surface area contributed by atoms with Gasteiger partial charge in [0.15, 0.2) is 0 Å². The van der Waals surface area contributed by atoms with Crippen LogP contribution in [0.3, 0.4) is 0 Å². The molecule has 0 aliphatic carbocycles. The highest BCUT2D eigenvalue weighted by Crippen LogP contribution is 2.20. The van der Waals surface area contributed by atoms with Gasteiger partial charge in [-0.25, -0.2) is 4.39 Å². The van der Waals surface area contributed by atoms with Crippen LogP contribution in [0, 0.1) is 5.82 Å². The van der Waals surface area contributed by atoms with Gasteiger partial charge in [0.2, 0.25) is 5.91 Å². The van der Waals surface area contributed by atoms with Crippen molar-refractivity contribution < 1.29 is 18.7 Å². The maximum atomic E-state index is 13.2. The Bertz CT molecular complexity index is 720. The summed E-state index contributed by atoms with van der Waals surface area (Å²) in [7, 11) is 0. The van der Waals surface area contributed by atoms with Crippen LogP contribution in [0.4, 0.5) is 4.39 Å². The molecule has 0 aliphatic rings. The van der Waals surface area contributed by atoms with Gasteiger partial charge in [-0.05, 0) is 30.2 Å². The number of carbonyl (C=O) groups excluding carboxylic acids is 2. The quantitative estimate of drug-likeness (QED) is 0.711. The molecule has 2 atom stereocenters. The first-order chi connectivity index (χ1) is 12.5. The number of benzene rings is 2. The summed E-state index contributed by atoms with van der Waals surface area (Å²) in [5, 5.41) is 2.80. The summed E-state index contributed by atoms with van der Waals surface area (Å²) in [5.41, 5.74) is 7.56. The molecule has 0 saturated heterocycles. The van der Waals surface area contributed by atoms with E-state index in [4.69, 9.17) is 10.5 Å². The fraction of sp³-hybridized carbons (Fsp3) is 0.300. The number of carbonyl (C=O) groups is 2. The summed E-state index contributed by atoms with van der Waals surface area (Å²) in [4.78, 5) is 24.2. The molecule has 3 N–H and O–H groups in total. The lowest BCUT2D eigenvalue weighted by Gasteiger charge is -2.20. The van der Waals surface area contributed by atoms with Crippen molar-refractivity contribution in [3.63, 3.8) is 0 Å². The van der Waals surface area contributed by atoms with E-state index in [1.807, 2.05) is 30.3 Å². The molecule has 2 aromatic rings. The second-order valence-corrected chi connectivity index (χ2v) is 5.90. The number of ether oxygens (including phenoxy) is 1. The average Bonchev–Trinajstić information content (AvgIpc) is 2.62. The second-order valence-electron chi connectivity index (χ2n) is 5.90. The smallest absolute Gasteiger partial charge is 0.308 e. The van der Waals surface area contributed by atoms with Crippen LogP contribution in [0.1, 0.15) is 43.0 Å². The summed E-state index contributed by atoms with van der Waals surface area (Å²) in [6.07, 6.45) is 0.0380. The topological polar surface area (TPSA) is 81.4 Å². The van der Waals surface area contributed by atoms with Crippen LogP contribution in [-0.2, 0) is 14.3 Å². The van der Waals surface area contributed by atoms with Crippen LogP contribution < -0.4 is 11.1 Å². The number of hydrogen-bond acceptors (Lipinski definition) is 4. The van der Waals surface area contributed by atoms with Crippen LogP contribution in [0.25, 0.3) is 0 Å². The van der Waals surface area contributed by atoms with E-state index in [1.165, 1.54) is 24.3 Å². The minimum atomic E-state index is -0.606. The molecule has 0 aromatic heterocycles. The fourth-order valence-corrected chi connectivity index (χ4v) is 2.60. The lowest BCUT2D eigenvalue weighted by molar-refractivity contribution is -0.143. The van der Waals surface area contributed by atoms with Crippen LogP contribution in [0.5, 0.6) is 0 Å². The molecule has 0 aliphatic heterocycles. The van der Waals surface area contributed by atoms with Crippen molar-refractivity contribution in [2.24, 2.45) is 5.73 Å². The Labute approximate surface area is 152 Å². The molecular weight excluding hydrogens is 335 g/mol. The monoisotopic (exact) mass is 358 g/mol. The molecule has 2 rings (SSSR count). The normalized spacial score (nSPS) is 12.9. The molecule has 0 radical (unpaired) electrons.